The van der Waals surface area contributed by atoms with Gasteiger partial charge in [0.1, 0.15) is 5.75 Å². The number of nitrogens with two attached hydrogens (primary N) is 1. The van der Waals surface area contributed by atoms with Crippen LogP contribution >= 0.6 is 12.4 Å². The van der Waals surface area contributed by atoms with Crippen LogP contribution in [0.3, 0.4) is 0 Å². The van der Waals surface area contributed by atoms with Gasteiger partial charge in [0.25, 0.3) is 0 Å². The van der Waals surface area contributed by atoms with Crippen molar-refractivity contribution >= 4 is 18.3 Å². The maximum absolute atomic E-state index is 12.7. The van der Waals surface area contributed by atoms with E-state index < -0.39 is 0 Å². The Kier molecular flexibility index (Phi) is 7.66. The van der Waals surface area contributed by atoms with Crippen LogP contribution in [0.15, 0.2) is 54.6 Å². The molecule has 1 amide bonds. The second-order valence-corrected chi connectivity index (χ2v) is 6.94. The number of carbonyl (C=O) groups is 1. The van der Waals surface area contributed by atoms with E-state index in [4.69, 9.17) is 10.5 Å². The van der Waals surface area contributed by atoms with Crippen LogP contribution in [-0.4, -0.2) is 55.5 Å². The highest BCUT2D eigenvalue weighted by Gasteiger charge is 2.32. The van der Waals surface area contributed by atoms with Gasteiger partial charge in [0.15, 0.2) is 0 Å². The van der Waals surface area contributed by atoms with E-state index in [-0.39, 0.29) is 30.3 Å². The molecule has 1 aliphatic rings. The first-order valence-corrected chi connectivity index (χ1v) is 8.97. The standard InChI is InChI=1S/C21H27N3O2.ClH/c1-23(12-17-10-6-7-11-20(17)26-2)21(25)15-24-13-18(19(22)14-24)16-8-4-3-5-9-16;/h3-11,18-19H,12-15,22H2,1-2H3;1H/t18-,19+;/m0./s1. The first kappa shape index (κ1) is 21.2. The smallest absolute Gasteiger partial charge is 0.236 e. The molecule has 2 atom stereocenters. The summed E-state index contributed by atoms with van der Waals surface area (Å²) in [5, 5.41) is 0. The lowest BCUT2D eigenvalue weighted by Crippen LogP contribution is -2.38. The minimum Gasteiger partial charge on any atom is -0.496 e. The van der Waals surface area contributed by atoms with Gasteiger partial charge in [-0.25, -0.2) is 0 Å². The SMILES string of the molecule is COc1ccccc1CN(C)C(=O)CN1C[C@@H](N)[C@H](c2ccccc2)C1.Cl. The van der Waals surface area contributed by atoms with E-state index >= 15 is 0 Å². The monoisotopic (exact) mass is 389 g/mol. The number of likely N-dealkylation sites (N-methyl/N-ethyl adjacent to an activating group) is 1. The van der Waals surface area contributed by atoms with E-state index in [0.717, 1.165) is 24.4 Å². The van der Waals surface area contributed by atoms with Crippen LogP contribution in [-0.2, 0) is 11.3 Å². The Labute approximate surface area is 167 Å². The van der Waals surface area contributed by atoms with E-state index in [2.05, 4.69) is 17.0 Å². The van der Waals surface area contributed by atoms with Gasteiger partial charge in [0.05, 0.1) is 13.7 Å². The molecule has 0 bridgehead atoms. The van der Waals surface area contributed by atoms with Crippen LogP contribution in [0.2, 0.25) is 0 Å². The molecule has 1 heterocycles. The highest BCUT2D eigenvalue weighted by Crippen LogP contribution is 2.26. The van der Waals surface area contributed by atoms with Crippen molar-refractivity contribution in [2.24, 2.45) is 5.73 Å². The average molecular weight is 390 g/mol. The highest BCUT2D eigenvalue weighted by atomic mass is 35.5. The third kappa shape index (κ3) is 5.22. The molecule has 0 unspecified atom stereocenters. The maximum atomic E-state index is 12.7. The summed E-state index contributed by atoms with van der Waals surface area (Å²) in [5.41, 5.74) is 8.58. The Balaban J connectivity index is 0.00000261. The van der Waals surface area contributed by atoms with Crippen molar-refractivity contribution in [2.45, 2.75) is 18.5 Å². The molecule has 0 spiro atoms. The fourth-order valence-corrected chi connectivity index (χ4v) is 3.58. The van der Waals surface area contributed by atoms with E-state index in [1.54, 1.807) is 12.0 Å². The van der Waals surface area contributed by atoms with E-state index in [1.165, 1.54) is 5.56 Å². The zero-order chi connectivity index (χ0) is 18.5. The second-order valence-electron chi connectivity index (χ2n) is 6.94. The van der Waals surface area contributed by atoms with Crippen LogP contribution in [0.25, 0.3) is 0 Å². The van der Waals surface area contributed by atoms with Crippen LogP contribution < -0.4 is 10.5 Å². The Morgan fingerprint density at radius 1 is 1.15 bits per heavy atom. The number of methoxy groups -OCH3 is 1. The second kappa shape index (κ2) is 9.74. The molecule has 2 N–H and O–H groups in total. The van der Waals surface area contributed by atoms with Crippen molar-refractivity contribution in [1.29, 1.82) is 0 Å². The number of nitrogens with zero attached hydrogens (tertiary/aromatic N) is 2. The Bertz CT molecular complexity index is 741. The molecular formula is C21H28ClN3O2. The predicted molar refractivity (Wildman–Crippen MR) is 110 cm³/mol. The number of amides is 1. The van der Waals surface area contributed by atoms with Gasteiger partial charge in [-0.15, -0.1) is 12.4 Å². The fraction of sp³-hybridized carbons (Fsp3) is 0.381. The van der Waals surface area contributed by atoms with Crippen molar-refractivity contribution < 1.29 is 9.53 Å². The molecule has 2 aromatic rings. The number of benzene rings is 2. The lowest BCUT2D eigenvalue weighted by atomic mass is 9.95. The summed E-state index contributed by atoms with van der Waals surface area (Å²) >= 11 is 0. The number of para-hydroxylation sites is 1. The normalized spacial score (nSPS) is 19.4. The molecule has 0 radical (unpaired) electrons. The van der Waals surface area contributed by atoms with Gasteiger partial charge in [-0.05, 0) is 11.6 Å². The molecule has 3 rings (SSSR count). The summed E-state index contributed by atoms with van der Waals surface area (Å²) in [5.74, 6) is 1.18. The maximum Gasteiger partial charge on any atom is 0.236 e. The van der Waals surface area contributed by atoms with Crippen LogP contribution in [0, 0.1) is 0 Å². The van der Waals surface area contributed by atoms with Gasteiger partial charge >= 0.3 is 0 Å². The summed E-state index contributed by atoms with van der Waals surface area (Å²) in [7, 11) is 3.48. The summed E-state index contributed by atoms with van der Waals surface area (Å²) in [4.78, 5) is 16.6. The predicted octanol–water partition coefficient (Wildman–Crippen LogP) is 2.50. The van der Waals surface area contributed by atoms with Gasteiger partial charge in [-0.1, -0.05) is 48.5 Å². The summed E-state index contributed by atoms with van der Waals surface area (Å²) < 4.78 is 5.37. The third-order valence-electron chi connectivity index (χ3n) is 5.05. The minimum atomic E-state index is 0. The summed E-state index contributed by atoms with van der Waals surface area (Å²) in [6, 6.07) is 18.2. The molecule has 5 nitrogen and oxygen atoms in total. The Hall–Kier alpha value is -2.08. The Morgan fingerprint density at radius 3 is 2.52 bits per heavy atom. The van der Waals surface area contributed by atoms with Crippen LogP contribution in [0.1, 0.15) is 17.0 Å². The quantitative estimate of drug-likeness (QED) is 0.824. The molecule has 27 heavy (non-hydrogen) atoms. The van der Waals surface area contributed by atoms with Gasteiger partial charge < -0.3 is 15.4 Å². The molecule has 1 aliphatic heterocycles. The zero-order valence-electron chi connectivity index (χ0n) is 15.9. The number of carbonyl (C=O) groups excluding carboxylic acids is 1. The van der Waals surface area contributed by atoms with E-state index in [0.29, 0.717) is 13.1 Å². The van der Waals surface area contributed by atoms with E-state index in [9.17, 15) is 4.79 Å². The molecule has 0 aromatic heterocycles. The van der Waals surface area contributed by atoms with Gasteiger partial charge in [0, 0.05) is 44.2 Å². The Morgan fingerprint density at radius 2 is 1.81 bits per heavy atom. The lowest BCUT2D eigenvalue weighted by molar-refractivity contribution is -0.131. The van der Waals surface area contributed by atoms with E-state index in [1.807, 2.05) is 49.5 Å². The lowest BCUT2D eigenvalue weighted by Gasteiger charge is -2.22. The average Bonchev–Trinajstić information content (AvgIpc) is 3.03. The van der Waals surface area contributed by atoms with Crippen LogP contribution in [0.4, 0.5) is 0 Å². The van der Waals surface area contributed by atoms with Gasteiger partial charge in [-0.3, -0.25) is 9.69 Å². The minimum absolute atomic E-state index is 0. The van der Waals surface area contributed by atoms with Crippen LogP contribution in [0.5, 0.6) is 5.75 Å². The number of likely N-dealkylation sites (tertiary alicyclic amines) is 1. The van der Waals surface area contributed by atoms with Gasteiger partial charge in [-0.2, -0.15) is 0 Å². The summed E-state index contributed by atoms with van der Waals surface area (Å²) in [6.07, 6.45) is 0. The zero-order valence-corrected chi connectivity index (χ0v) is 16.7. The largest absolute Gasteiger partial charge is 0.496 e. The van der Waals surface area contributed by atoms with Crippen molar-refractivity contribution in [1.82, 2.24) is 9.80 Å². The number of hydrogen-bond donors (Lipinski definition) is 1. The molecule has 2 aromatic carbocycles. The summed E-state index contributed by atoms with van der Waals surface area (Å²) in [6.45, 7) is 2.49. The molecule has 6 heteroatoms. The number of hydrogen-bond acceptors (Lipinski definition) is 4. The van der Waals surface area contributed by atoms with Crippen molar-refractivity contribution in [3.05, 3.63) is 65.7 Å². The molecule has 146 valence electrons. The number of rotatable bonds is 6. The van der Waals surface area contributed by atoms with Crippen molar-refractivity contribution in [2.75, 3.05) is 33.8 Å². The first-order valence-electron chi connectivity index (χ1n) is 8.97. The third-order valence-corrected chi connectivity index (χ3v) is 5.05. The highest BCUT2D eigenvalue weighted by molar-refractivity contribution is 5.85. The molecular weight excluding hydrogens is 362 g/mol. The fourth-order valence-electron chi connectivity index (χ4n) is 3.58. The number of halogens is 1. The molecule has 1 saturated heterocycles. The van der Waals surface area contributed by atoms with Gasteiger partial charge in [0.2, 0.25) is 5.91 Å². The topological polar surface area (TPSA) is 58.8 Å². The first-order chi connectivity index (χ1) is 12.6. The van der Waals surface area contributed by atoms with Crippen molar-refractivity contribution in [3.63, 3.8) is 0 Å². The van der Waals surface area contributed by atoms with Crippen molar-refractivity contribution in [3.8, 4) is 5.75 Å². The molecule has 0 saturated carbocycles. The molecule has 0 aliphatic carbocycles. The number of ether oxygens (including phenoxy) is 1. The molecule has 1 fully saturated rings.